The zero-order valence-corrected chi connectivity index (χ0v) is 19.6. The Bertz CT molecular complexity index is 1400. The van der Waals surface area contributed by atoms with E-state index in [0.717, 1.165) is 44.1 Å². The maximum atomic E-state index is 15.6. The summed E-state index contributed by atoms with van der Waals surface area (Å²) in [7, 11) is -2.74. The molecule has 0 radical (unpaired) electrons. The highest BCUT2D eigenvalue weighted by molar-refractivity contribution is 5.82. The molecule has 4 aromatic rings. The summed E-state index contributed by atoms with van der Waals surface area (Å²) < 4.78 is 50.7. The molecule has 2 aromatic carbocycles. The Balaban J connectivity index is 1.52. The Hall–Kier alpha value is -3.65. The molecular weight excluding hydrogens is 445 g/mol. The summed E-state index contributed by atoms with van der Waals surface area (Å²) in [4.78, 5) is 2.39. The number of fused-ring (bicyclic) bond motifs is 1. The van der Waals surface area contributed by atoms with Gasteiger partial charge in [-0.05, 0) is 43.6 Å². The second-order valence-electron chi connectivity index (χ2n) is 8.67. The van der Waals surface area contributed by atoms with Crippen LogP contribution in [0, 0.1) is 5.82 Å². The maximum Gasteiger partial charge on any atom is 0.228 e. The van der Waals surface area contributed by atoms with Crippen LogP contribution in [0.2, 0.25) is 0 Å². The van der Waals surface area contributed by atoms with E-state index in [1.165, 1.54) is 6.07 Å². The second kappa shape index (κ2) is 10.3. The minimum Gasteiger partial charge on any atom is -0.497 e. The lowest BCUT2D eigenvalue weighted by atomic mass is 10.1. The molecule has 5 rings (SSSR count). The SMILES string of the molecule is [2H]C([2H])([2H])Oc1cc(F)c(-c2nnc(N[C@@H]3CCCN(CC)C3)n3cccc23)c(OCc2ccccc2)c1. The maximum absolute atomic E-state index is 15.6. The first-order chi connectivity index (χ1) is 18.3. The molecule has 0 aliphatic carbocycles. The number of aromatic nitrogens is 3. The lowest BCUT2D eigenvalue weighted by Gasteiger charge is -2.32. The fourth-order valence-electron chi connectivity index (χ4n) is 4.57. The minimum atomic E-state index is -2.74. The molecule has 0 unspecified atom stereocenters. The van der Waals surface area contributed by atoms with Gasteiger partial charge in [-0.15, -0.1) is 10.2 Å². The number of halogens is 1. The highest BCUT2D eigenvalue weighted by atomic mass is 19.1. The number of likely N-dealkylation sites (tertiary alicyclic amines) is 1. The Morgan fingerprint density at radius 1 is 1.17 bits per heavy atom. The monoisotopic (exact) mass is 478 g/mol. The number of likely N-dealkylation sites (N-methyl/N-ethyl adjacent to an activating group) is 1. The van der Waals surface area contributed by atoms with E-state index in [9.17, 15) is 0 Å². The largest absolute Gasteiger partial charge is 0.497 e. The van der Waals surface area contributed by atoms with Crippen LogP contribution in [0.3, 0.4) is 0 Å². The van der Waals surface area contributed by atoms with Crippen molar-refractivity contribution in [3.8, 4) is 22.8 Å². The molecule has 1 saturated heterocycles. The van der Waals surface area contributed by atoms with Crippen molar-refractivity contribution in [1.82, 2.24) is 19.5 Å². The lowest BCUT2D eigenvalue weighted by molar-refractivity contribution is 0.226. The van der Waals surface area contributed by atoms with E-state index in [4.69, 9.17) is 13.6 Å². The van der Waals surface area contributed by atoms with Crippen LogP contribution in [0.25, 0.3) is 16.8 Å². The number of nitrogens with zero attached hydrogens (tertiary/aromatic N) is 4. The normalized spacial score (nSPS) is 18.0. The summed E-state index contributed by atoms with van der Waals surface area (Å²) in [6, 6.07) is 15.7. The molecule has 35 heavy (non-hydrogen) atoms. The average molecular weight is 479 g/mol. The first-order valence-corrected chi connectivity index (χ1v) is 11.8. The van der Waals surface area contributed by atoms with Crippen molar-refractivity contribution >= 4 is 11.5 Å². The molecule has 182 valence electrons. The Morgan fingerprint density at radius 3 is 2.89 bits per heavy atom. The van der Waals surface area contributed by atoms with Crippen molar-refractivity contribution in [2.75, 3.05) is 32.0 Å². The first kappa shape index (κ1) is 19.6. The molecule has 1 aliphatic rings. The van der Waals surface area contributed by atoms with E-state index >= 15 is 4.39 Å². The molecule has 0 spiro atoms. The molecule has 0 bridgehead atoms. The molecule has 3 heterocycles. The van der Waals surface area contributed by atoms with Gasteiger partial charge in [0, 0.05) is 30.9 Å². The van der Waals surface area contributed by atoms with E-state index in [-0.39, 0.29) is 35.4 Å². The standard InChI is InChI=1S/C27H30FN5O2/c1-3-32-13-7-11-20(17-32)29-27-31-30-26(23-12-8-14-33(23)27)25-22(28)15-21(34-2)16-24(25)35-18-19-9-5-4-6-10-19/h4-6,8-10,12,14-16,20H,3,7,11,13,17-18H2,1-2H3,(H,29,31)/t20-/m1/s1/i2D3. The molecule has 2 aromatic heterocycles. The third-order valence-corrected chi connectivity index (χ3v) is 6.37. The number of methoxy groups -OCH3 is 1. The minimum absolute atomic E-state index is 0.0800. The summed E-state index contributed by atoms with van der Waals surface area (Å²) in [5, 5.41) is 12.3. The molecule has 1 fully saturated rings. The summed E-state index contributed by atoms with van der Waals surface area (Å²) in [6.07, 6.45) is 3.98. The number of hydrogen-bond acceptors (Lipinski definition) is 6. The van der Waals surface area contributed by atoms with E-state index in [2.05, 4.69) is 27.3 Å². The Labute approximate surface area is 208 Å². The number of benzene rings is 2. The number of nitrogens with one attached hydrogen (secondary N) is 1. The average Bonchev–Trinajstić information content (AvgIpc) is 3.39. The van der Waals surface area contributed by atoms with E-state index in [1.54, 1.807) is 0 Å². The fourth-order valence-corrected chi connectivity index (χ4v) is 4.57. The van der Waals surface area contributed by atoms with Crippen LogP contribution in [-0.2, 0) is 6.61 Å². The number of rotatable bonds is 8. The highest BCUT2D eigenvalue weighted by Gasteiger charge is 2.23. The first-order valence-electron chi connectivity index (χ1n) is 13.3. The van der Waals surface area contributed by atoms with Gasteiger partial charge in [-0.25, -0.2) is 4.39 Å². The molecule has 1 aliphatic heterocycles. The summed E-state index contributed by atoms with van der Waals surface area (Å²) in [5.74, 6) is -0.202. The molecule has 0 amide bonds. The van der Waals surface area contributed by atoms with Crippen molar-refractivity contribution in [2.45, 2.75) is 32.4 Å². The Morgan fingerprint density at radius 2 is 2.06 bits per heavy atom. The highest BCUT2D eigenvalue weighted by Crippen LogP contribution is 2.38. The van der Waals surface area contributed by atoms with Crippen LogP contribution in [0.15, 0.2) is 60.8 Å². The molecule has 7 nitrogen and oxygen atoms in total. The predicted octanol–water partition coefficient (Wildman–Crippen LogP) is 5.02. The van der Waals surface area contributed by atoms with E-state index in [0.29, 0.717) is 11.5 Å². The van der Waals surface area contributed by atoms with Gasteiger partial charge in [-0.3, -0.25) is 4.40 Å². The van der Waals surface area contributed by atoms with Gasteiger partial charge < -0.3 is 19.7 Å². The van der Waals surface area contributed by atoms with Crippen molar-refractivity contribution in [2.24, 2.45) is 0 Å². The number of piperidine rings is 1. The predicted molar refractivity (Wildman–Crippen MR) is 134 cm³/mol. The van der Waals surface area contributed by atoms with Gasteiger partial charge in [-0.1, -0.05) is 37.3 Å². The van der Waals surface area contributed by atoms with Gasteiger partial charge in [0.2, 0.25) is 5.95 Å². The third kappa shape index (κ3) is 4.93. The van der Waals surface area contributed by atoms with Gasteiger partial charge in [-0.2, -0.15) is 0 Å². The van der Waals surface area contributed by atoms with Crippen molar-refractivity contribution in [1.29, 1.82) is 0 Å². The summed E-state index contributed by atoms with van der Waals surface area (Å²) >= 11 is 0. The van der Waals surface area contributed by atoms with Gasteiger partial charge in [0.1, 0.15) is 29.6 Å². The van der Waals surface area contributed by atoms with Crippen molar-refractivity contribution in [3.63, 3.8) is 0 Å². The molecule has 8 heteroatoms. The van der Waals surface area contributed by atoms with Crippen LogP contribution in [0.4, 0.5) is 10.3 Å². The molecule has 1 atom stereocenters. The van der Waals surface area contributed by atoms with Crippen LogP contribution < -0.4 is 14.8 Å². The third-order valence-electron chi connectivity index (χ3n) is 6.37. The van der Waals surface area contributed by atoms with Crippen molar-refractivity contribution in [3.05, 3.63) is 72.2 Å². The molecular formula is C27H30FN5O2. The zero-order valence-electron chi connectivity index (χ0n) is 22.6. The summed E-state index contributed by atoms with van der Waals surface area (Å²) in [5.41, 5.74) is 1.86. The molecule has 1 N–H and O–H groups in total. The fraction of sp³-hybridized carbons (Fsp3) is 0.333. The van der Waals surface area contributed by atoms with Crippen molar-refractivity contribution < 1.29 is 18.0 Å². The summed E-state index contributed by atoms with van der Waals surface area (Å²) in [6.45, 7) is 5.30. The lowest BCUT2D eigenvalue weighted by Crippen LogP contribution is -2.42. The van der Waals surface area contributed by atoms with Gasteiger partial charge >= 0.3 is 0 Å². The van der Waals surface area contributed by atoms with Crippen LogP contribution in [-0.4, -0.2) is 52.2 Å². The van der Waals surface area contributed by atoms with E-state index in [1.807, 2.05) is 53.1 Å². The topological polar surface area (TPSA) is 63.9 Å². The second-order valence-corrected chi connectivity index (χ2v) is 8.67. The Kier molecular flexibility index (Phi) is 5.79. The zero-order chi connectivity index (χ0) is 26.7. The van der Waals surface area contributed by atoms with Crippen LogP contribution >= 0.6 is 0 Å². The van der Waals surface area contributed by atoms with Crippen LogP contribution in [0.5, 0.6) is 11.5 Å². The van der Waals surface area contributed by atoms with Gasteiger partial charge in [0.05, 0.1) is 22.2 Å². The number of ether oxygens (including phenoxy) is 2. The van der Waals surface area contributed by atoms with Crippen LogP contribution in [0.1, 0.15) is 29.4 Å². The van der Waals surface area contributed by atoms with Gasteiger partial charge in [0.25, 0.3) is 0 Å². The smallest absolute Gasteiger partial charge is 0.228 e. The van der Waals surface area contributed by atoms with E-state index < -0.39 is 12.9 Å². The van der Waals surface area contributed by atoms with Gasteiger partial charge in [0.15, 0.2) is 0 Å². The number of anilines is 1. The molecule has 0 saturated carbocycles. The number of hydrogen-bond donors (Lipinski definition) is 1. The quantitative estimate of drug-likeness (QED) is 0.384.